The van der Waals surface area contributed by atoms with Crippen molar-refractivity contribution in [1.82, 2.24) is 9.78 Å². The smallest absolute Gasteiger partial charge is 0.338 e. The first-order valence-corrected chi connectivity index (χ1v) is 17.8. The highest BCUT2D eigenvalue weighted by Crippen LogP contribution is 2.61. The van der Waals surface area contributed by atoms with E-state index in [-0.39, 0.29) is 24.2 Å². The van der Waals surface area contributed by atoms with E-state index in [1.165, 1.54) is 19.3 Å². The van der Waals surface area contributed by atoms with Crippen LogP contribution in [0.15, 0.2) is 90.6 Å². The maximum absolute atomic E-state index is 14.1. The topological polar surface area (TPSA) is 129 Å². The van der Waals surface area contributed by atoms with Crippen LogP contribution in [-0.2, 0) is 24.5 Å². The van der Waals surface area contributed by atoms with E-state index >= 15 is 0 Å². The summed E-state index contributed by atoms with van der Waals surface area (Å²) in [6, 6.07) is 22.5. The molecule has 4 saturated carbocycles. The SMILES string of the molecule is CCOC(=O)c1ccc(NC(=O)C(=Cc2cn(-c3ccccc3)nc2C23CC4CC(CC(C4)C2)C3)C(=O)Nc2ccc(C(=O)OCC)cc2)cc1. The number of benzene rings is 3. The second kappa shape index (κ2) is 14.4. The molecule has 4 bridgehead atoms. The molecule has 1 aromatic heterocycles. The van der Waals surface area contributed by atoms with Gasteiger partial charge in [0.15, 0.2) is 0 Å². The molecule has 2 N–H and O–H groups in total. The zero-order chi connectivity index (χ0) is 35.5. The molecule has 0 saturated heterocycles. The Hall–Kier alpha value is -5.51. The average molecular weight is 687 g/mol. The fraction of sp³-hybridized carbons (Fsp3) is 0.341. The number of carbonyl (C=O) groups is 4. The molecule has 0 unspecified atom stereocenters. The highest BCUT2D eigenvalue weighted by atomic mass is 16.5. The standard InChI is InChI=1S/C41H42N4O6/c1-3-50-39(48)29-10-14-32(15-11-29)42-37(46)35(38(47)43-33-16-12-30(13-17-33)40(49)51-4-2)21-31-25-45(34-8-6-5-7-9-34)44-36(31)41-22-26-18-27(23-41)20-28(19-26)24-41/h5-17,21,25-28H,3-4,18-20,22-24H2,1-2H3,(H,42,46)(H,43,47). The van der Waals surface area contributed by atoms with Gasteiger partial charge in [0.2, 0.25) is 0 Å². The van der Waals surface area contributed by atoms with Gasteiger partial charge in [0.1, 0.15) is 5.57 Å². The number of rotatable bonds is 11. The van der Waals surface area contributed by atoms with E-state index in [9.17, 15) is 19.2 Å². The minimum absolute atomic E-state index is 0.113. The van der Waals surface area contributed by atoms with Crippen molar-refractivity contribution in [1.29, 1.82) is 0 Å². The largest absolute Gasteiger partial charge is 0.462 e. The predicted octanol–water partition coefficient (Wildman–Crippen LogP) is 7.35. The lowest BCUT2D eigenvalue weighted by atomic mass is 9.48. The number of carbonyl (C=O) groups excluding carboxylic acids is 4. The summed E-state index contributed by atoms with van der Waals surface area (Å²) in [6.45, 7) is 3.97. The first-order valence-electron chi connectivity index (χ1n) is 17.8. The van der Waals surface area contributed by atoms with Crippen LogP contribution >= 0.6 is 0 Å². The molecule has 3 aromatic carbocycles. The molecule has 10 heteroatoms. The van der Waals surface area contributed by atoms with Crippen LogP contribution in [0.3, 0.4) is 0 Å². The van der Waals surface area contributed by atoms with Crippen molar-refractivity contribution in [2.24, 2.45) is 17.8 Å². The van der Waals surface area contributed by atoms with E-state index in [1.54, 1.807) is 68.5 Å². The van der Waals surface area contributed by atoms with E-state index in [4.69, 9.17) is 14.6 Å². The van der Waals surface area contributed by atoms with Crippen molar-refractivity contribution in [3.05, 3.63) is 113 Å². The van der Waals surface area contributed by atoms with Crippen LogP contribution in [0.25, 0.3) is 11.8 Å². The van der Waals surface area contributed by atoms with Crippen LogP contribution in [0.1, 0.15) is 84.3 Å². The van der Waals surface area contributed by atoms with E-state index in [2.05, 4.69) is 10.6 Å². The second-order valence-corrected chi connectivity index (χ2v) is 14.0. The molecule has 0 aliphatic heterocycles. The molecule has 1 heterocycles. The number of para-hydroxylation sites is 1. The van der Waals surface area contributed by atoms with E-state index in [1.807, 2.05) is 41.2 Å². The van der Waals surface area contributed by atoms with Gasteiger partial charge >= 0.3 is 11.9 Å². The number of anilines is 2. The van der Waals surface area contributed by atoms with Crippen molar-refractivity contribution in [3.63, 3.8) is 0 Å². The number of nitrogens with zero attached hydrogens (tertiary/aromatic N) is 2. The summed E-state index contributed by atoms with van der Waals surface area (Å²) < 4.78 is 12.0. The van der Waals surface area contributed by atoms with Crippen LogP contribution in [0.5, 0.6) is 0 Å². The minimum atomic E-state index is -0.622. The lowest BCUT2D eigenvalue weighted by molar-refractivity contribution is -0.118. The van der Waals surface area contributed by atoms with Gasteiger partial charge in [0.25, 0.3) is 11.8 Å². The molecule has 4 aliphatic carbocycles. The monoisotopic (exact) mass is 686 g/mol. The molecule has 0 radical (unpaired) electrons. The summed E-state index contributed by atoms with van der Waals surface area (Å²) in [5.41, 5.74) is 3.84. The van der Waals surface area contributed by atoms with Gasteiger partial charge < -0.3 is 20.1 Å². The van der Waals surface area contributed by atoms with Gasteiger partial charge in [-0.15, -0.1) is 0 Å². The Morgan fingerprint density at radius 1 is 0.725 bits per heavy atom. The lowest BCUT2D eigenvalue weighted by Gasteiger charge is -2.56. The molecule has 4 aromatic rings. The van der Waals surface area contributed by atoms with Gasteiger partial charge in [-0.1, -0.05) is 18.2 Å². The molecule has 2 amide bonds. The first kappa shape index (κ1) is 34.0. The number of nitrogens with one attached hydrogen (secondary N) is 2. The van der Waals surface area contributed by atoms with Crippen molar-refractivity contribution < 1.29 is 28.7 Å². The van der Waals surface area contributed by atoms with Crippen molar-refractivity contribution >= 4 is 41.2 Å². The van der Waals surface area contributed by atoms with Gasteiger partial charge in [-0.2, -0.15) is 5.10 Å². The van der Waals surface area contributed by atoms with Crippen molar-refractivity contribution in [2.75, 3.05) is 23.8 Å². The quantitative estimate of drug-likeness (QED) is 0.0731. The summed E-state index contributed by atoms with van der Waals surface area (Å²) in [4.78, 5) is 52.6. The summed E-state index contributed by atoms with van der Waals surface area (Å²) in [5.74, 6) is -0.177. The zero-order valence-electron chi connectivity index (χ0n) is 28.9. The fourth-order valence-electron chi connectivity index (χ4n) is 8.61. The van der Waals surface area contributed by atoms with E-state index in [0.717, 1.165) is 36.2 Å². The zero-order valence-corrected chi connectivity index (χ0v) is 28.9. The fourth-order valence-corrected chi connectivity index (χ4v) is 8.61. The molecule has 8 rings (SSSR count). The van der Waals surface area contributed by atoms with Gasteiger partial charge in [0, 0.05) is 28.6 Å². The van der Waals surface area contributed by atoms with Crippen LogP contribution < -0.4 is 10.6 Å². The third-order valence-corrected chi connectivity index (χ3v) is 10.4. The Labute approximate surface area is 297 Å². The number of hydrogen-bond acceptors (Lipinski definition) is 7. The number of ether oxygens (including phenoxy) is 2. The van der Waals surface area contributed by atoms with Crippen molar-refractivity contribution in [2.45, 2.75) is 57.8 Å². The van der Waals surface area contributed by atoms with E-state index in [0.29, 0.717) is 40.3 Å². The molecule has 0 atom stereocenters. The highest BCUT2D eigenvalue weighted by Gasteiger charge is 2.53. The van der Waals surface area contributed by atoms with E-state index < -0.39 is 23.8 Å². The summed E-state index contributed by atoms with van der Waals surface area (Å²) >= 11 is 0. The maximum atomic E-state index is 14.1. The Morgan fingerprint density at radius 3 is 1.65 bits per heavy atom. The Kier molecular flexibility index (Phi) is 9.58. The molecular weight excluding hydrogens is 644 g/mol. The van der Waals surface area contributed by atoms with Gasteiger partial charge in [-0.05, 0) is 137 Å². The van der Waals surface area contributed by atoms with Gasteiger partial charge in [-0.3, -0.25) is 9.59 Å². The first-order chi connectivity index (χ1) is 24.7. The molecule has 4 fully saturated rings. The third kappa shape index (κ3) is 7.22. The third-order valence-electron chi connectivity index (χ3n) is 10.4. The number of aromatic nitrogens is 2. The van der Waals surface area contributed by atoms with Crippen LogP contribution in [0.4, 0.5) is 11.4 Å². The van der Waals surface area contributed by atoms with Crippen LogP contribution in [0, 0.1) is 17.8 Å². The number of esters is 2. The number of hydrogen-bond donors (Lipinski definition) is 2. The normalized spacial score (nSPS) is 21.4. The second-order valence-electron chi connectivity index (χ2n) is 14.0. The Balaban J connectivity index is 1.26. The van der Waals surface area contributed by atoms with Crippen LogP contribution in [0.2, 0.25) is 0 Å². The summed E-state index contributed by atoms with van der Waals surface area (Å²) in [6.07, 6.45) is 10.5. The maximum Gasteiger partial charge on any atom is 0.338 e. The molecule has 10 nitrogen and oxygen atoms in total. The highest BCUT2D eigenvalue weighted by molar-refractivity contribution is 6.29. The molecule has 0 spiro atoms. The van der Waals surface area contributed by atoms with Crippen molar-refractivity contribution in [3.8, 4) is 5.69 Å². The van der Waals surface area contributed by atoms with Gasteiger partial charge in [-0.25, -0.2) is 14.3 Å². The lowest BCUT2D eigenvalue weighted by Crippen LogP contribution is -2.49. The Morgan fingerprint density at radius 2 is 1.20 bits per heavy atom. The summed E-state index contributed by atoms with van der Waals surface area (Å²) in [5, 5.41) is 10.9. The average Bonchev–Trinajstić information content (AvgIpc) is 3.56. The Bertz CT molecular complexity index is 1850. The molecule has 4 aliphatic rings. The molecule has 51 heavy (non-hydrogen) atoms. The van der Waals surface area contributed by atoms with Crippen LogP contribution in [-0.4, -0.2) is 46.7 Å². The van der Waals surface area contributed by atoms with Gasteiger partial charge in [0.05, 0.1) is 35.7 Å². The number of amides is 2. The minimum Gasteiger partial charge on any atom is -0.462 e. The molecular formula is C41H42N4O6. The summed E-state index contributed by atoms with van der Waals surface area (Å²) in [7, 11) is 0. The predicted molar refractivity (Wildman–Crippen MR) is 193 cm³/mol. The molecule has 262 valence electrons.